The lowest BCUT2D eigenvalue weighted by Gasteiger charge is -2.33. The van der Waals surface area contributed by atoms with E-state index in [1.165, 1.54) is 98.6 Å². The van der Waals surface area contributed by atoms with Crippen molar-refractivity contribution in [3.05, 3.63) is 152 Å². The first kappa shape index (κ1) is 28.0. The highest BCUT2D eigenvalue weighted by Gasteiger charge is 2.38. The quantitative estimate of drug-likeness (QED) is 0.178. The second kappa shape index (κ2) is 11.9. The Morgan fingerprint density at radius 1 is 0.468 bits per heavy atom. The summed E-state index contributed by atoms with van der Waals surface area (Å²) in [5.41, 5.74) is 8.81. The van der Waals surface area contributed by atoms with E-state index in [-0.39, 0.29) is 12.1 Å². The number of nitrogens with zero attached hydrogens (tertiary/aromatic N) is 2. The van der Waals surface area contributed by atoms with Crippen LogP contribution in [0.2, 0.25) is 0 Å². The van der Waals surface area contributed by atoms with E-state index in [1.807, 2.05) is 0 Å². The van der Waals surface area contributed by atoms with Crippen LogP contribution < -0.4 is 4.90 Å². The summed E-state index contributed by atoms with van der Waals surface area (Å²) < 4.78 is 0. The molecule has 6 aromatic carbocycles. The zero-order chi connectivity index (χ0) is 31.2. The monoisotopic (exact) mass is 606 g/mol. The molecule has 1 heterocycles. The third-order valence-corrected chi connectivity index (χ3v) is 10.5. The van der Waals surface area contributed by atoms with Crippen molar-refractivity contribution < 1.29 is 0 Å². The van der Waals surface area contributed by atoms with Crippen LogP contribution >= 0.6 is 0 Å². The molecule has 0 bridgehead atoms. The maximum absolute atomic E-state index is 5.32. The lowest BCUT2D eigenvalue weighted by molar-refractivity contribution is 0.436. The summed E-state index contributed by atoms with van der Waals surface area (Å²) in [7, 11) is 0. The molecule has 0 amide bonds. The second-order valence-corrected chi connectivity index (χ2v) is 13.3. The minimum absolute atomic E-state index is 0.207. The molecule has 3 aliphatic rings. The summed E-state index contributed by atoms with van der Waals surface area (Å²) >= 11 is 0. The van der Waals surface area contributed by atoms with E-state index < -0.39 is 0 Å². The summed E-state index contributed by atoms with van der Waals surface area (Å²) in [5, 5.41) is 5.14. The number of hydrogen-bond acceptors (Lipinski definition) is 2. The summed E-state index contributed by atoms with van der Waals surface area (Å²) in [5.74, 6) is 1.85. The minimum atomic E-state index is 0.207. The van der Waals surface area contributed by atoms with Gasteiger partial charge in [0.25, 0.3) is 0 Å². The predicted molar refractivity (Wildman–Crippen MR) is 200 cm³/mol. The van der Waals surface area contributed by atoms with Crippen LogP contribution in [0.3, 0.4) is 0 Å². The Bertz CT molecular complexity index is 2110. The lowest BCUT2D eigenvalue weighted by atomic mass is 9.85. The number of fused-ring (bicyclic) bond motifs is 3. The van der Waals surface area contributed by atoms with Crippen molar-refractivity contribution in [2.75, 3.05) is 4.90 Å². The SMILES string of the molecule is C1=CC2N=C(C3CCCCC3)N(c3ccc(-c4c5ccccc5c(-c5ccc(-c6ccccc6)cc5)c5ccccc45)cc3)C2C=C1. The van der Waals surface area contributed by atoms with Crippen LogP contribution in [0.4, 0.5) is 5.69 Å². The highest BCUT2D eigenvalue weighted by atomic mass is 15.3. The Hall–Kier alpha value is -5.21. The Morgan fingerprint density at radius 2 is 0.957 bits per heavy atom. The predicted octanol–water partition coefficient (Wildman–Crippen LogP) is 11.7. The molecule has 0 saturated heterocycles. The van der Waals surface area contributed by atoms with Gasteiger partial charge in [0.05, 0.1) is 12.1 Å². The van der Waals surface area contributed by atoms with Gasteiger partial charge in [0.2, 0.25) is 0 Å². The van der Waals surface area contributed by atoms with Crippen LogP contribution in [0.5, 0.6) is 0 Å². The first-order chi connectivity index (χ1) is 23.3. The van der Waals surface area contributed by atoms with E-state index in [4.69, 9.17) is 4.99 Å². The van der Waals surface area contributed by atoms with Crippen molar-refractivity contribution in [2.24, 2.45) is 10.9 Å². The molecule has 47 heavy (non-hydrogen) atoms. The van der Waals surface area contributed by atoms with Crippen molar-refractivity contribution in [3.63, 3.8) is 0 Å². The van der Waals surface area contributed by atoms with Crippen molar-refractivity contribution >= 4 is 33.1 Å². The fraction of sp³-hybridized carbons (Fsp3) is 0.178. The molecule has 2 aliphatic carbocycles. The molecule has 2 nitrogen and oxygen atoms in total. The maximum Gasteiger partial charge on any atom is 0.108 e. The van der Waals surface area contributed by atoms with Gasteiger partial charge >= 0.3 is 0 Å². The third kappa shape index (κ3) is 4.91. The van der Waals surface area contributed by atoms with E-state index >= 15 is 0 Å². The van der Waals surface area contributed by atoms with Crippen molar-refractivity contribution in [1.82, 2.24) is 0 Å². The Labute approximate surface area is 277 Å². The van der Waals surface area contributed by atoms with Crippen molar-refractivity contribution in [1.29, 1.82) is 0 Å². The normalized spacial score (nSPS) is 19.3. The molecule has 1 saturated carbocycles. The fourth-order valence-corrected chi connectivity index (χ4v) is 8.28. The van der Waals surface area contributed by atoms with Gasteiger partial charge in [-0.25, -0.2) is 0 Å². The standard InChI is InChI=1S/C45H38N2/c1-3-13-31(14-4-1)32-23-25-33(26-24-32)43-37-17-7-9-19-39(37)44(40-20-10-8-18-38(40)43)34-27-29-36(30-28-34)47-42-22-12-11-21-41(42)46-45(47)35-15-5-2-6-16-35/h1,3-4,7-14,17-30,35,41-42H,2,5-6,15-16H2. The Morgan fingerprint density at radius 3 is 1.55 bits per heavy atom. The minimum Gasteiger partial charge on any atom is -0.320 e. The topological polar surface area (TPSA) is 15.6 Å². The number of amidine groups is 1. The summed E-state index contributed by atoms with van der Waals surface area (Å²) in [4.78, 5) is 7.86. The van der Waals surface area contributed by atoms with Crippen LogP contribution in [-0.4, -0.2) is 17.9 Å². The van der Waals surface area contributed by atoms with Gasteiger partial charge in [-0.3, -0.25) is 4.99 Å². The van der Waals surface area contributed by atoms with Crippen molar-refractivity contribution in [3.8, 4) is 33.4 Å². The zero-order valence-electron chi connectivity index (χ0n) is 26.6. The van der Waals surface area contributed by atoms with Gasteiger partial charge in [-0.2, -0.15) is 0 Å². The molecule has 0 aromatic heterocycles. The van der Waals surface area contributed by atoms with E-state index in [1.54, 1.807) is 0 Å². The lowest BCUT2D eigenvalue weighted by Crippen LogP contribution is -2.41. The number of rotatable bonds is 5. The highest BCUT2D eigenvalue weighted by Crippen LogP contribution is 2.45. The molecular weight excluding hydrogens is 569 g/mol. The van der Waals surface area contributed by atoms with Crippen LogP contribution in [0, 0.1) is 5.92 Å². The van der Waals surface area contributed by atoms with E-state index in [9.17, 15) is 0 Å². The van der Waals surface area contributed by atoms with Gasteiger partial charge in [0, 0.05) is 11.6 Å². The van der Waals surface area contributed by atoms with Crippen molar-refractivity contribution in [2.45, 2.75) is 44.2 Å². The molecule has 0 radical (unpaired) electrons. The third-order valence-electron chi connectivity index (χ3n) is 10.5. The zero-order valence-corrected chi connectivity index (χ0v) is 26.6. The number of aliphatic imine (C=N–C) groups is 1. The van der Waals surface area contributed by atoms with Crippen LogP contribution in [0.25, 0.3) is 54.9 Å². The molecule has 1 aliphatic heterocycles. The molecule has 2 heteroatoms. The number of benzene rings is 6. The second-order valence-electron chi connectivity index (χ2n) is 13.3. The smallest absolute Gasteiger partial charge is 0.108 e. The molecular formula is C45H38N2. The molecule has 9 rings (SSSR count). The Kier molecular flexibility index (Phi) is 7.08. The van der Waals surface area contributed by atoms with Gasteiger partial charge < -0.3 is 4.90 Å². The average Bonchev–Trinajstić information content (AvgIpc) is 3.54. The molecule has 0 N–H and O–H groups in total. The Balaban J connectivity index is 1.15. The van der Waals surface area contributed by atoms with Crippen LogP contribution in [-0.2, 0) is 0 Å². The molecule has 0 spiro atoms. The van der Waals surface area contributed by atoms with Gasteiger partial charge in [-0.05, 0) is 79.9 Å². The highest BCUT2D eigenvalue weighted by molar-refractivity contribution is 6.21. The molecule has 6 aromatic rings. The number of anilines is 1. The number of hydrogen-bond donors (Lipinski definition) is 0. The van der Waals surface area contributed by atoms with E-state index in [0.717, 1.165) is 0 Å². The number of allylic oxidation sites excluding steroid dienone is 2. The molecule has 2 unspecified atom stereocenters. The van der Waals surface area contributed by atoms with Crippen LogP contribution in [0.15, 0.2) is 157 Å². The largest absolute Gasteiger partial charge is 0.320 e. The maximum atomic E-state index is 5.32. The van der Waals surface area contributed by atoms with E-state index in [0.29, 0.717) is 5.92 Å². The van der Waals surface area contributed by atoms with Gasteiger partial charge in [-0.1, -0.05) is 159 Å². The van der Waals surface area contributed by atoms with Crippen LogP contribution in [0.1, 0.15) is 32.1 Å². The molecule has 1 fully saturated rings. The fourth-order valence-electron chi connectivity index (χ4n) is 8.28. The van der Waals surface area contributed by atoms with Gasteiger partial charge in [0.15, 0.2) is 0 Å². The van der Waals surface area contributed by atoms with Gasteiger partial charge in [0.1, 0.15) is 5.84 Å². The molecule has 2 atom stereocenters. The first-order valence-corrected chi connectivity index (χ1v) is 17.3. The molecule has 228 valence electrons. The summed E-state index contributed by atoms with van der Waals surface area (Å²) in [6.45, 7) is 0. The van der Waals surface area contributed by atoms with Gasteiger partial charge in [-0.15, -0.1) is 0 Å². The summed E-state index contributed by atoms with van der Waals surface area (Å²) in [6.07, 6.45) is 15.4. The average molecular weight is 607 g/mol. The van der Waals surface area contributed by atoms with E-state index in [2.05, 4.69) is 157 Å². The first-order valence-electron chi connectivity index (χ1n) is 17.3. The summed E-state index contributed by atoms with van der Waals surface area (Å²) in [6, 6.07) is 47.4.